The Balaban J connectivity index is 2.18. The standard InChI is InChI=1S/C18H19BrINO2/c1-3-12-8-9-17(14(19)10-12)23-11-13-15(20)6-5-7-16(13)21-18(22)4-2/h5-10H,3-4,11H2,1-2H3,(H,21,22). The molecule has 0 fully saturated rings. The molecule has 0 saturated carbocycles. The molecule has 0 aliphatic heterocycles. The zero-order valence-electron chi connectivity index (χ0n) is 13.2. The van der Waals surface area contributed by atoms with Crippen LogP contribution in [0.25, 0.3) is 0 Å². The third-order valence-corrected chi connectivity index (χ3v) is 5.12. The number of amides is 1. The number of carbonyl (C=O) groups is 1. The number of carbonyl (C=O) groups excluding carboxylic acids is 1. The fraction of sp³-hybridized carbons (Fsp3) is 0.278. The number of benzene rings is 2. The number of rotatable bonds is 6. The van der Waals surface area contributed by atoms with E-state index in [1.165, 1.54) is 5.56 Å². The minimum absolute atomic E-state index is 0.00160. The van der Waals surface area contributed by atoms with Gasteiger partial charge in [0.05, 0.1) is 4.47 Å². The van der Waals surface area contributed by atoms with E-state index in [4.69, 9.17) is 4.74 Å². The Hall–Kier alpha value is -1.08. The number of aryl methyl sites for hydroxylation is 1. The molecule has 122 valence electrons. The van der Waals surface area contributed by atoms with Gasteiger partial charge in [0.15, 0.2) is 0 Å². The highest BCUT2D eigenvalue weighted by atomic mass is 127. The molecule has 0 bridgehead atoms. The quantitative estimate of drug-likeness (QED) is 0.543. The highest BCUT2D eigenvalue weighted by molar-refractivity contribution is 14.1. The Morgan fingerprint density at radius 2 is 2.04 bits per heavy atom. The molecule has 3 nitrogen and oxygen atoms in total. The molecule has 2 rings (SSSR count). The molecule has 5 heteroatoms. The van der Waals surface area contributed by atoms with E-state index in [1.54, 1.807) is 0 Å². The average Bonchev–Trinajstić information content (AvgIpc) is 2.55. The number of anilines is 1. The molecular formula is C18H19BrINO2. The smallest absolute Gasteiger partial charge is 0.224 e. The van der Waals surface area contributed by atoms with E-state index in [2.05, 4.69) is 62.9 Å². The fourth-order valence-electron chi connectivity index (χ4n) is 2.09. The fourth-order valence-corrected chi connectivity index (χ4v) is 3.29. The third-order valence-electron chi connectivity index (χ3n) is 3.49. The van der Waals surface area contributed by atoms with Crippen molar-refractivity contribution in [3.8, 4) is 5.75 Å². The maximum absolute atomic E-state index is 11.7. The van der Waals surface area contributed by atoms with Gasteiger partial charge in [-0.2, -0.15) is 0 Å². The Morgan fingerprint density at radius 1 is 1.26 bits per heavy atom. The largest absolute Gasteiger partial charge is 0.488 e. The second-order valence-electron chi connectivity index (χ2n) is 5.07. The summed E-state index contributed by atoms with van der Waals surface area (Å²) < 4.78 is 7.97. The van der Waals surface area contributed by atoms with Crippen molar-refractivity contribution in [3.05, 3.63) is 55.6 Å². The predicted molar refractivity (Wildman–Crippen MR) is 106 cm³/mol. The summed E-state index contributed by atoms with van der Waals surface area (Å²) in [4.78, 5) is 11.7. The predicted octanol–water partition coefficient (Wildman–Crippen LogP) is 5.54. The van der Waals surface area contributed by atoms with Gasteiger partial charge in [-0.1, -0.05) is 26.0 Å². The molecule has 1 N–H and O–H groups in total. The van der Waals surface area contributed by atoms with E-state index in [1.807, 2.05) is 31.2 Å². The maximum atomic E-state index is 11.7. The molecule has 0 aliphatic rings. The number of hydrogen-bond acceptors (Lipinski definition) is 2. The van der Waals surface area contributed by atoms with Gasteiger partial charge in [-0.05, 0) is 74.8 Å². The summed E-state index contributed by atoms with van der Waals surface area (Å²) in [7, 11) is 0. The minimum atomic E-state index is 0.00160. The molecular weight excluding hydrogens is 469 g/mol. The Labute approximate surface area is 159 Å². The van der Waals surface area contributed by atoms with Crippen molar-refractivity contribution < 1.29 is 9.53 Å². The van der Waals surface area contributed by atoms with Crippen LogP contribution in [0.5, 0.6) is 5.75 Å². The summed E-state index contributed by atoms with van der Waals surface area (Å²) in [6.45, 7) is 4.37. The maximum Gasteiger partial charge on any atom is 0.224 e. The van der Waals surface area contributed by atoms with Crippen molar-refractivity contribution in [1.82, 2.24) is 0 Å². The SMILES string of the molecule is CCC(=O)Nc1cccc(I)c1COc1ccc(CC)cc1Br. The van der Waals surface area contributed by atoms with E-state index in [0.29, 0.717) is 13.0 Å². The number of ether oxygens (including phenoxy) is 1. The second kappa shape index (κ2) is 8.68. The van der Waals surface area contributed by atoms with Gasteiger partial charge < -0.3 is 10.1 Å². The van der Waals surface area contributed by atoms with Crippen molar-refractivity contribution in [3.63, 3.8) is 0 Å². The van der Waals surface area contributed by atoms with Crippen molar-refractivity contribution in [1.29, 1.82) is 0 Å². The van der Waals surface area contributed by atoms with Crippen LogP contribution in [0.15, 0.2) is 40.9 Å². The Bertz CT molecular complexity index is 703. The lowest BCUT2D eigenvalue weighted by atomic mass is 10.1. The van der Waals surface area contributed by atoms with Gasteiger partial charge in [0, 0.05) is 21.2 Å². The zero-order chi connectivity index (χ0) is 16.8. The van der Waals surface area contributed by atoms with Gasteiger partial charge in [-0.3, -0.25) is 4.79 Å². The van der Waals surface area contributed by atoms with Gasteiger partial charge in [-0.25, -0.2) is 0 Å². The lowest BCUT2D eigenvalue weighted by Crippen LogP contribution is -2.13. The number of nitrogens with one attached hydrogen (secondary N) is 1. The molecule has 0 aliphatic carbocycles. The highest BCUT2D eigenvalue weighted by Crippen LogP contribution is 2.29. The molecule has 1 amide bonds. The molecule has 0 radical (unpaired) electrons. The molecule has 23 heavy (non-hydrogen) atoms. The number of hydrogen-bond donors (Lipinski definition) is 1. The summed E-state index contributed by atoms with van der Waals surface area (Å²) in [6.07, 6.45) is 1.44. The van der Waals surface area contributed by atoms with Crippen molar-refractivity contribution in [2.75, 3.05) is 5.32 Å². The van der Waals surface area contributed by atoms with Crippen LogP contribution in [0, 0.1) is 3.57 Å². The summed E-state index contributed by atoms with van der Waals surface area (Å²) in [6, 6.07) is 12.0. The summed E-state index contributed by atoms with van der Waals surface area (Å²) >= 11 is 5.82. The van der Waals surface area contributed by atoms with Crippen LogP contribution < -0.4 is 10.1 Å². The molecule has 0 spiro atoms. The van der Waals surface area contributed by atoms with Gasteiger partial charge >= 0.3 is 0 Å². The van der Waals surface area contributed by atoms with Crippen LogP contribution in [-0.4, -0.2) is 5.91 Å². The lowest BCUT2D eigenvalue weighted by Gasteiger charge is -2.15. The summed E-state index contributed by atoms with van der Waals surface area (Å²) in [5.41, 5.74) is 3.06. The molecule has 0 unspecified atom stereocenters. The van der Waals surface area contributed by atoms with Crippen LogP contribution in [0.1, 0.15) is 31.4 Å². The van der Waals surface area contributed by atoms with Crippen LogP contribution in [-0.2, 0) is 17.8 Å². The molecule has 0 atom stereocenters. The zero-order valence-corrected chi connectivity index (χ0v) is 16.9. The second-order valence-corrected chi connectivity index (χ2v) is 7.09. The monoisotopic (exact) mass is 487 g/mol. The third kappa shape index (κ3) is 4.94. The Kier molecular flexibility index (Phi) is 6.89. The van der Waals surface area contributed by atoms with Gasteiger partial charge in [0.2, 0.25) is 5.91 Å². The van der Waals surface area contributed by atoms with Crippen molar-refractivity contribution in [2.24, 2.45) is 0 Å². The first kappa shape index (κ1) is 18.3. The van der Waals surface area contributed by atoms with E-state index < -0.39 is 0 Å². The topological polar surface area (TPSA) is 38.3 Å². The van der Waals surface area contributed by atoms with E-state index in [9.17, 15) is 4.79 Å². The van der Waals surface area contributed by atoms with E-state index >= 15 is 0 Å². The van der Waals surface area contributed by atoms with Crippen molar-refractivity contribution >= 4 is 50.1 Å². The first-order valence-electron chi connectivity index (χ1n) is 7.53. The minimum Gasteiger partial charge on any atom is -0.488 e. The van der Waals surface area contributed by atoms with Crippen LogP contribution in [0.3, 0.4) is 0 Å². The van der Waals surface area contributed by atoms with Crippen LogP contribution >= 0.6 is 38.5 Å². The normalized spacial score (nSPS) is 10.4. The summed E-state index contributed by atoms with van der Waals surface area (Å²) in [5.74, 6) is 0.802. The van der Waals surface area contributed by atoms with Gasteiger partial charge in [0.25, 0.3) is 0 Å². The first-order chi connectivity index (χ1) is 11.0. The Morgan fingerprint density at radius 3 is 2.70 bits per heavy atom. The molecule has 0 aromatic heterocycles. The molecule has 2 aromatic rings. The highest BCUT2D eigenvalue weighted by Gasteiger charge is 2.11. The van der Waals surface area contributed by atoms with Crippen molar-refractivity contribution in [2.45, 2.75) is 33.3 Å². The number of halogens is 2. The van der Waals surface area contributed by atoms with Gasteiger partial charge in [-0.15, -0.1) is 0 Å². The molecule has 0 saturated heterocycles. The van der Waals surface area contributed by atoms with Crippen LogP contribution in [0.4, 0.5) is 5.69 Å². The van der Waals surface area contributed by atoms with E-state index in [0.717, 1.165) is 31.5 Å². The molecule has 0 heterocycles. The van der Waals surface area contributed by atoms with E-state index in [-0.39, 0.29) is 5.91 Å². The molecule has 2 aromatic carbocycles. The summed E-state index contributed by atoms with van der Waals surface area (Å²) in [5, 5.41) is 2.93. The first-order valence-corrected chi connectivity index (χ1v) is 9.40. The average molecular weight is 488 g/mol. The van der Waals surface area contributed by atoms with Crippen LogP contribution in [0.2, 0.25) is 0 Å². The lowest BCUT2D eigenvalue weighted by molar-refractivity contribution is -0.115. The van der Waals surface area contributed by atoms with Gasteiger partial charge in [0.1, 0.15) is 12.4 Å².